The van der Waals surface area contributed by atoms with Gasteiger partial charge in [0.15, 0.2) is 0 Å². The van der Waals surface area contributed by atoms with Crippen LogP contribution in [0.5, 0.6) is 0 Å². The quantitative estimate of drug-likeness (QED) is 0.864. The third-order valence-electron chi connectivity index (χ3n) is 4.42. The Morgan fingerprint density at radius 3 is 2.67 bits per heavy atom. The molecule has 0 aromatic heterocycles. The fourth-order valence-corrected chi connectivity index (χ4v) is 3.17. The minimum atomic E-state index is 0.152. The van der Waals surface area contributed by atoms with Crippen molar-refractivity contribution in [1.82, 2.24) is 5.32 Å². The third kappa shape index (κ3) is 2.25. The van der Waals surface area contributed by atoms with Crippen molar-refractivity contribution < 1.29 is 4.74 Å². The summed E-state index contributed by atoms with van der Waals surface area (Å²) in [6, 6.07) is 11.1. The molecular formula is C15H22N2O. The van der Waals surface area contributed by atoms with Gasteiger partial charge in [0.25, 0.3) is 0 Å². The smallest absolute Gasteiger partial charge is 0.0728 e. The summed E-state index contributed by atoms with van der Waals surface area (Å²) in [5, 5.41) is 3.42. The van der Waals surface area contributed by atoms with Crippen molar-refractivity contribution in [2.75, 3.05) is 31.6 Å². The Morgan fingerprint density at radius 1 is 1.22 bits per heavy atom. The summed E-state index contributed by atoms with van der Waals surface area (Å²) >= 11 is 0. The number of ether oxygens (including phenoxy) is 1. The maximum Gasteiger partial charge on any atom is 0.0728 e. The predicted octanol–water partition coefficient (Wildman–Crippen LogP) is 2.03. The van der Waals surface area contributed by atoms with E-state index in [4.69, 9.17) is 4.74 Å². The molecule has 3 heteroatoms. The van der Waals surface area contributed by atoms with E-state index in [0.29, 0.717) is 6.04 Å². The Hall–Kier alpha value is -1.06. The molecule has 1 atom stereocenters. The molecule has 3 rings (SSSR count). The Balaban J connectivity index is 1.68. The molecule has 18 heavy (non-hydrogen) atoms. The highest BCUT2D eigenvalue weighted by molar-refractivity contribution is 5.46. The summed E-state index contributed by atoms with van der Waals surface area (Å²) < 4.78 is 6.15. The number of rotatable bonds is 2. The van der Waals surface area contributed by atoms with E-state index in [9.17, 15) is 0 Å². The van der Waals surface area contributed by atoms with E-state index in [2.05, 4.69) is 47.6 Å². The van der Waals surface area contributed by atoms with Crippen LogP contribution in [0.25, 0.3) is 0 Å². The van der Waals surface area contributed by atoms with E-state index in [1.807, 2.05) is 0 Å². The molecule has 0 unspecified atom stereocenters. The predicted molar refractivity (Wildman–Crippen MR) is 74.0 cm³/mol. The molecule has 2 fully saturated rings. The molecule has 1 aromatic carbocycles. The molecule has 2 heterocycles. The Labute approximate surface area is 109 Å². The van der Waals surface area contributed by atoms with Gasteiger partial charge in [-0.2, -0.15) is 0 Å². The van der Waals surface area contributed by atoms with Gasteiger partial charge in [0.1, 0.15) is 0 Å². The number of para-hydroxylation sites is 1. The molecule has 2 aliphatic heterocycles. The first-order valence-corrected chi connectivity index (χ1v) is 6.92. The molecule has 0 radical (unpaired) electrons. The topological polar surface area (TPSA) is 24.5 Å². The zero-order valence-electron chi connectivity index (χ0n) is 11.1. The molecule has 1 N–H and O–H groups in total. The van der Waals surface area contributed by atoms with E-state index in [-0.39, 0.29) is 5.60 Å². The summed E-state index contributed by atoms with van der Waals surface area (Å²) in [6.45, 7) is 3.06. The van der Waals surface area contributed by atoms with Crippen LogP contribution >= 0.6 is 0 Å². The molecule has 0 saturated carbocycles. The number of nitrogens with zero attached hydrogens (tertiary/aromatic N) is 1. The molecule has 3 nitrogen and oxygen atoms in total. The van der Waals surface area contributed by atoms with Gasteiger partial charge in [-0.3, -0.25) is 0 Å². The summed E-state index contributed by atoms with van der Waals surface area (Å²) in [7, 11) is 2.18. The lowest BCUT2D eigenvalue weighted by Gasteiger charge is -2.33. The average molecular weight is 246 g/mol. The van der Waals surface area contributed by atoms with Crippen molar-refractivity contribution in [1.29, 1.82) is 0 Å². The zero-order chi connectivity index (χ0) is 12.4. The number of benzene rings is 1. The first-order chi connectivity index (χ1) is 8.79. The van der Waals surface area contributed by atoms with Crippen molar-refractivity contribution in [3.05, 3.63) is 30.3 Å². The summed E-state index contributed by atoms with van der Waals surface area (Å²) in [5.74, 6) is 0. The number of hydrogen-bond donors (Lipinski definition) is 1. The molecule has 0 aliphatic carbocycles. The first-order valence-electron chi connectivity index (χ1n) is 6.92. The van der Waals surface area contributed by atoms with Gasteiger partial charge in [-0.25, -0.2) is 0 Å². The highest BCUT2D eigenvalue weighted by Gasteiger charge is 2.42. The Kier molecular flexibility index (Phi) is 3.27. The van der Waals surface area contributed by atoms with Gasteiger partial charge < -0.3 is 15.0 Å². The van der Waals surface area contributed by atoms with Crippen LogP contribution in [0.1, 0.15) is 19.3 Å². The van der Waals surface area contributed by atoms with Crippen LogP contribution < -0.4 is 10.2 Å². The van der Waals surface area contributed by atoms with Crippen molar-refractivity contribution >= 4 is 5.69 Å². The molecule has 2 aliphatic rings. The average Bonchev–Trinajstić information content (AvgIpc) is 2.83. The highest BCUT2D eigenvalue weighted by atomic mass is 16.5. The number of likely N-dealkylation sites (N-methyl/N-ethyl adjacent to an activating group) is 1. The molecule has 2 saturated heterocycles. The number of anilines is 1. The van der Waals surface area contributed by atoms with E-state index in [1.54, 1.807) is 0 Å². The van der Waals surface area contributed by atoms with Crippen LogP contribution in [0.3, 0.4) is 0 Å². The van der Waals surface area contributed by atoms with E-state index in [0.717, 1.165) is 32.5 Å². The van der Waals surface area contributed by atoms with Gasteiger partial charge in [-0.1, -0.05) is 18.2 Å². The normalized spacial score (nSPS) is 26.4. The lowest BCUT2D eigenvalue weighted by molar-refractivity contribution is -0.0192. The molecule has 1 spiro atoms. The van der Waals surface area contributed by atoms with E-state index < -0.39 is 0 Å². The van der Waals surface area contributed by atoms with Crippen molar-refractivity contribution in [3.63, 3.8) is 0 Å². The van der Waals surface area contributed by atoms with Crippen LogP contribution in [-0.2, 0) is 4.74 Å². The van der Waals surface area contributed by atoms with Crippen molar-refractivity contribution in [3.8, 4) is 0 Å². The van der Waals surface area contributed by atoms with Crippen LogP contribution in [0, 0.1) is 0 Å². The summed E-state index contributed by atoms with van der Waals surface area (Å²) in [4.78, 5) is 2.37. The molecule has 1 aromatic rings. The second kappa shape index (κ2) is 4.90. The summed E-state index contributed by atoms with van der Waals surface area (Å²) in [5.41, 5.74) is 1.44. The SMILES string of the molecule is CN(c1ccccc1)[C@H]1COC2(CCNCC2)C1. The van der Waals surface area contributed by atoms with Crippen LogP contribution in [0.15, 0.2) is 30.3 Å². The van der Waals surface area contributed by atoms with E-state index in [1.165, 1.54) is 12.1 Å². The first kappa shape index (κ1) is 12.0. The molecule has 98 valence electrons. The lowest BCUT2D eigenvalue weighted by atomic mass is 9.88. The van der Waals surface area contributed by atoms with E-state index >= 15 is 0 Å². The molecule has 0 bridgehead atoms. The largest absolute Gasteiger partial charge is 0.373 e. The second-order valence-corrected chi connectivity index (χ2v) is 5.55. The van der Waals surface area contributed by atoms with Gasteiger partial charge in [-0.15, -0.1) is 0 Å². The standard InChI is InChI=1S/C15H22N2O/c1-17(13-5-3-2-4-6-13)14-11-15(18-12-14)7-9-16-10-8-15/h2-6,14,16H,7-12H2,1H3/t14-/m1/s1. The highest BCUT2D eigenvalue weighted by Crippen LogP contribution is 2.36. The van der Waals surface area contributed by atoms with Crippen molar-refractivity contribution in [2.45, 2.75) is 30.9 Å². The summed E-state index contributed by atoms with van der Waals surface area (Å²) in [6.07, 6.45) is 3.48. The minimum Gasteiger partial charge on any atom is -0.373 e. The second-order valence-electron chi connectivity index (χ2n) is 5.55. The van der Waals surface area contributed by atoms with Gasteiger partial charge in [0.2, 0.25) is 0 Å². The fraction of sp³-hybridized carbons (Fsp3) is 0.600. The number of hydrogen-bond acceptors (Lipinski definition) is 3. The Morgan fingerprint density at radius 2 is 1.94 bits per heavy atom. The van der Waals surface area contributed by atoms with Crippen LogP contribution in [0.4, 0.5) is 5.69 Å². The zero-order valence-corrected chi connectivity index (χ0v) is 11.1. The molecular weight excluding hydrogens is 224 g/mol. The van der Waals surface area contributed by atoms with Crippen molar-refractivity contribution in [2.24, 2.45) is 0 Å². The maximum atomic E-state index is 6.15. The van der Waals surface area contributed by atoms with Crippen LogP contribution in [-0.4, -0.2) is 38.4 Å². The monoisotopic (exact) mass is 246 g/mol. The van der Waals surface area contributed by atoms with Gasteiger partial charge in [0.05, 0.1) is 18.2 Å². The number of nitrogens with one attached hydrogen (secondary N) is 1. The molecule has 0 amide bonds. The van der Waals surface area contributed by atoms with Gasteiger partial charge in [-0.05, 0) is 44.5 Å². The Bertz CT molecular complexity index is 387. The maximum absolute atomic E-state index is 6.15. The number of piperidine rings is 1. The minimum absolute atomic E-state index is 0.152. The van der Waals surface area contributed by atoms with Crippen LogP contribution in [0.2, 0.25) is 0 Å². The van der Waals surface area contributed by atoms with Gasteiger partial charge >= 0.3 is 0 Å². The van der Waals surface area contributed by atoms with Gasteiger partial charge in [0, 0.05) is 12.7 Å². The third-order valence-corrected chi connectivity index (χ3v) is 4.42. The lowest BCUT2D eigenvalue weighted by Crippen LogP contribution is -2.42. The fourth-order valence-electron chi connectivity index (χ4n) is 3.17.